The van der Waals surface area contributed by atoms with Crippen molar-refractivity contribution in [3.8, 4) is 11.6 Å². The molecule has 0 unspecified atom stereocenters. The molecule has 4 rings (SSSR count). The fourth-order valence-electron chi connectivity index (χ4n) is 4.30. The van der Waals surface area contributed by atoms with Crippen LogP contribution in [0.15, 0.2) is 101 Å². The maximum Gasteiger partial charge on any atom is 0.410 e. The van der Waals surface area contributed by atoms with Crippen molar-refractivity contribution in [3.63, 3.8) is 0 Å². The first-order valence-corrected chi connectivity index (χ1v) is 15.8. The van der Waals surface area contributed by atoms with Crippen molar-refractivity contribution in [2.45, 2.75) is 48.7 Å². The second kappa shape index (κ2) is 14.1. The number of hydrogen-bond acceptors (Lipinski definition) is 8. The van der Waals surface area contributed by atoms with Crippen molar-refractivity contribution in [2.75, 3.05) is 13.1 Å². The number of nitrogens with zero attached hydrogens (tertiary/aromatic N) is 2. The van der Waals surface area contributed by atoms with Crippen molar-refractivity contribution in [2.24, 2.45) is 0 Å². The second-order valence-corrected chi connectivity index (χ2v) is 13.5. The Kier molecular flexibility index (Phi) is 10.5. The van der Waals surface area contributed by atoms with E-state index in [0.29, 0.717) is 17.0 Å². The van der Waals surface area contributed by atoms with Gasteiger partial charge < -0.3 is 24.6 Å². The number of benzene rings is 3. The normalized spacial score (nSPS) is 12.3. The molecule has 45 heavy (non-hydrogen) atoms. The first kappa shape index (κ1) is 33.4. The summed E-state index contributed by atoms with van der Waals surface area (Å²) in [6.07, 6.45) is 0.141. The van der Waals surface area contributed by atoms with E-state index in [1.807, 2.05) is 0 Å². The van der Waals surface area contributed by atoms with Gasteiger partial charge in [0.25, 0.3) is 0 Å². The first-order chi connectivity index (χ1) is 21.2. The topological polar surface area (TPSA) is 143 Å². The van der Waals surface area contributed by atoms with Crippen LogP contribution in [0.4, 0.5) is 4.79 Å². The zero-order chi connectivity index (χ0) is 32.8. The summed E-state index contributed by atoms with van der Waals surface area (Å²) in [4.78, 5) is 29.8. The van der Waals surface area contributed by atoms with Crippen LogP contribution < -0.4 is 4.74 Å². The smallest absolute Gasteiger partial charge is 0.410 e. The summed E-state index contributed by atoms with van der Waals surface area (Å²) in [7, 11) is -3.96. The second-order valence-electron chi connectivity index (χ2n) is 11.1. The Bertz CT molecular complexity index is 1770. The molecule has 0 aliphatic rings. The largest absolute Gasteiger partial charge is 0.477 e. The van der Waals surface area contributed by atoms with Gasteiger partial charge in [-0.3, -0.25) is 0 Å². The Morgan fingerprint density at radius 2 is 1.67 bits per heavy atom. The van der Waals surface area contributed by atoms with Crippen molar-refractivity contribution < 1.29 is 37.7 Å². The van der Waals surface area contributed by atoms with E-state index in [1.165, 1.54) is 59.6 Å². The summed E-state index contributed by atoms with van der Waals surface area (Å²) in [5, 5.41) is 20.7. The molecular formula is C33H33ClN2O8S. The molecule has 0 bridgehead atoms. The van der Waals surface area contributed by atoms with Gasteiger partial charge in [-0.15, -0.1) is 0 Å². The predicted molar refractivity (Wildman–Crippen MR) is 168 cm³/mol. The molecule has 2 N–H and O–H groups in total. The van der Waals surface area contributed by atoms with Crippen LogP contribution in [0.5, 0.6) is 11.6 Å². The van der Waals surface area contributed by atoms with E-state index >= 15 is 0 Å². The van der Waals surface area contributed by atoms with Crippen LogP contribution in [-0.4, -0.2) is 59.3 Å². The Hall–Kier alpha value is -4.45. The van der Waals surface area contributed by atoms with Gasteiger partial charge in [-0.05, 0) is 92.9 Å². The molecule has 0 fully saturated rings. The van der Waals surface area contributed by atoms with Crippen LogP contribution in [0.25, 0.3) is 0 Å². The molecule has 0 radical (unpaired) electrons. The van der Waals surface area contributed by atoms with E-state index in [0.717, 1.165) is 5.56 Å². The number of aliphatic hydroxyl groups excluding tert-OH is 1. The average Bonchev–Trinajstić information content (AvgIpc) is 2.98. The quantitative estimate of drug-likeness (QED) is 0.184. The van der Waals surface area contributed by atoms with Crippen molar-refractivity contribution in [3.05, 3.63) is 113 Å². The summed E-state index contributed by atoms with van der Waals surface area (Å²) in [6.45, 7) is 5.42. The van der Waals surface area contributed by atoms with Gasteiger partial charge in [-0.1, -0.05) is 41.9 Å². The van der Waals surface area contributed by atoms with Gasteiger partial charge in [0.1, 0.15) is 16.9 Å². The minimum Gasteiger partial charge on any atom is -0.477 e. The molecule has 4 aromatic rings. The highest BCUT2D eigenvalue weighted by Crippen LogP contribution is 2.28. The van der Waals surface area contributed by atoms with Crippen LogP contribution in [-0.2, 0) is 21.0 Å². The molecule has 12 heteroatoms. The number of sulfone groups is 1. The fraction of sp³-hybridized carbons (Fsp3) is 0.242. The highest BCUT2D eigenvalue weighted by molar-refractivity contribution is 7.91. The van der Waals surface area contributed by atoms with Gasteiger partial charge >= 0.3 is 12.1 Å². The molecule has 0 spiro atoms. The Morgan fingerprint density at radius 3 is 2.33 bits per heavy atom. The number of halogens is 1. The number of amides is 1. The number of aromatic nitrogens is 1. The molecule has 0 aliphatic heterocycles. The van der Waals surface area contributed by atoms with Crippen molar-refractivity contribution in [1.29, 1.82) is 0 Å². The van der Waals surface area contributed by atoms with Crippen LogP contribution in [0, 0.1) is 0 Å². The number of rotatable bonds is 11. The number of carbonyl (C=O) groups excluding carboxylic acids is 1. The minimum absolute atomic E-state index is 0.0350. The summed E-state index contributed by atoms with van der Waals surface area (Å²) >= 11 is 6.07. The maximum atomic E-state index is 13.4. The van der Waals surface area contributed by atoms with E-state index in [4.69, 9.17) is 21.1 Å². The van der Waals surface area contributed by atoms with Crippen molar-refractivity contribution in [1.82, 2.24) is 9.88 Å². The summed E-state index contributed by atoms with van der Waals surface area (Å²) in [5.74, 6) is -1.28. The molecule has 1 atom stereocenters. The Balaban J connectivity index is 1.48. The lowest BCUT2D eigenvalue weighted by Gasteiger charge is -2.29. The third-order valence-electron chi connectivity index (χ3n) is 6.51. The number of carboxylic acids is 1. The van der Waals surface area contributed by atoms with E-state index in [-0.39, 0.29) is 40.1 Å². The molecule has 1 amide bonds. The average molecular weight is 653 g/mol. The predicted octanol–water partition coefficient (Wildman–Crippen LogP) is 6.57. The number of hydrogen-bond donors (Lipinski definition) is 2. The monoisotopic (exact) mass is 652 g/mol. The zero-order valence-corrected chi connectivity index (χ0v) is 26.5. The maximum absolute atomic E-state index is 13.4. The standard InChI is InChI=1S/C33H33ClN2O8S/c1-33(2,3)44-32(40)36(21-29(37)23-7-4-8-24(34)19-23)18-16-22-12-14-26(15-13-22)45(41,42)27-10-5-9-25(20-27)43-30-28(31(38)39)11-6-17-35-30/h4-15,17,19-20,29,37H,16,18,21H2,1-3H3,(H,38,39)/t29-/m1/s1. The van der Waals surface area contributed by atoms with Gasteiger partial charge in [0.2, 0.25) is 15.7 Å². The number of ether oxygens (including phenoxy) is 2. The van der Waals surface area contributed by atoms with Crippen LogP contribution >= 0.6 is 11.6 Å². The summed E-state index contributed by atoms with van der Waals surface area (Å²) < 4.78 is 38.0. The third kappa shape index (κ3) is 9.04. The van der Waals surface area contributed by atoms with Gasteiger partial charge in [-0.25, -0.2) is 23.0 Å². The van der Waals surface area contributed by atoms with Crippen LogP contribution in [0.3, 0.4) is 0 Å². The molecule has 3 aromatic carbocycles. The number of carbonyl (C=O) groups is 2. The van der Waals surface area contributed by atoms with E-state index in [9.17, 15) is 28.2 Å². The molecule has 0 aliphatic carbocycles. The SMILES string of the molecule is CC(C)(C)OC(=O)N(CCc1ccc(S(=O)(=O)c2cccc(Oc3ncccc3C(=O)O)c2)cc1)C[C@@H](O)c1cccc(Cl)c1. The third-order valence-corrected chi connectivity index (χ3v) is 8.52. The van der Waals surface area contributed by atoms with Gasteiger partial charge in [0, 0.05) is 17.8 Å². The molecule has 1 heterocycles. The first-order valence-electron chi connectivity index (χ1n) is 13.9. The highest BCUT2D eigenvalue weighted by Gasteiger charge is 2.25. The van der Waals surface area contributed by atoms with E-state index < -0.39 is 33.6 Å². The molecule has 1 aromatic heterocycles. The van der Waals surface area contributed by atoms with E-state index in [2.05, 4.69) is 4.98 Å². The number of pyridine rings is 1. The summed E-state index contributed by atoms with van der Waals surface area (Å²) in [6, 6.07) is 21.5. The molecule has 0 saturated carbocycles. The van der Waals surface area contributed by atoms with Crippen molar-refractivity contribution >= 4 is 33.5 Å². The van der Waals surface area contributed by atoms with Crippen LogP contribution in [0.2, 0.25) is 5.02 Å². The van der Waals surface area contributed by atoms with E-state index in [1.54, 1.807) is 57.2 Å². The molecule has 0 saturated heterocycles. The minimum atomic E-state index is -3.96. The van der Waals surface area contributed by atoms with Gasteiger partial charge in [0.15, 0.2) is 0 Å². The lowest BCUT2D eigenvalue weighted by Crippen LogP contribution is -2.40. The van der Waals surface area contributed by atoms with Crippen LogP contribution in [0.1, 0.15) is 48.4 Å². The zero-order valence-electron chi connectivity index (χ0n) is 24.9. The Labute approximate surface area is 266 Å². The highest BCUT2D eigenvalue weighted by atomic mass is 35.5. The lowest BCUT2D eigenvalue weighted by molar-refractivity contribution is 0.0147. The number of carboxylic acid groups (broad SMARTS) is 1. The van der Waals surface area contributed by atoms with Gasteiger partial charge in [-0.2, -0.15) is 0 Å². The molecular weight excluding hydrogens is 620 g/mol. The number of aromatic carboxylic acids is 1. The lowest BCUT2D eigenvalue weighted by atomic mass is 10.1. The summed E-state index contributed by atoms with van der Waals surface area (Å²) in [5.41, 5.74) is 0.409. The Morgan fingerprint density at radius 1 is 0.956 bits per heavy atom. The molecule has 236 valence electrons. The fourth-order valence-corrected chi connectivity index (χ4v) is 5.79. The van der Waals surface area contributed by atoms with Gasteiger partial charge in [0.05, 0.1) is 22.4 Å². The number of aliphatic hydroxyl groups is 1. The molecule has 10 nitrogen and oxygen atoms in total.